The summed E-state index contributed by atoms with van der Waals surface area (Å²) < 4.78 is 7.33. The molecule has 3 aromatic carbocycles. The molecule has 1 aliphatic heterocycles. The minimum atomic E-state index is -0.442. The number of imide groups is 1. The van der Waals surface area contributed by atoms with Crippen LogP contribution in [0.15, 0.2) is 81.4 Å². The zero-order valence-electron chi connectivity index (χ0n) is 16.6. The summed E-state index contributed by atoms with van der Waals surface area (Å²) in [6.07, 6.45) is 1.64. The van der Waals surface area contributed by atoms with Crippen LogP contribution in [0.4, 0.5) is 4.79 Å². The highest BCUT2D eigenvalue weighted by molar-refractivity contribution is 9.11. The van der Waals surface area contributed by atoms with Gasteiger partial charge < -0.3 is 10.1 Å². The molecule has 0 radical (unpaired) electrons. The third kappa shape index (κ3) is 5.06. The number of rotatable bonds is 6. The largest absolute Gasteiger partial charge is 0.486 e. The highest BCUT2D eigenvalue weighted by atomic mass is 79.9. The normalized spacial score (nSPS) is 14.7. The van der Waals surface area contributed by atoms with E-state index in [1.165, 1.54) is 4.90 Å². The third-order valence-corrected chi connectivity index (χ3v) is 6.35. The Morgan fingerprint density at radius 2 is 1.62 bits per heavy atom. The lowest BCUT2D eigenvalue weighted by atomic mass is 10.1. The number of ether oxygens (including phenoxy) is 1. The zero-order valence-corrected chi connectivity index (χ0v) is 20.6. The highest BCUT2D eigenvalue weighted by Gasteiger charge is 2.33. The van der Waals surface area contributed by atoms with E-state index in [1.807, 2.05) is 66.7 Å². The number of nitrogens with zero attached hydrogens (tertiary/aromatic N) is 1. The number of halogens is 3. The Bertz CT molecular complexity index is 1190. The molecule has 1 saturated heterocycles. The van der Waals surface area contributed by atoms with Crippen LogP contribution in [-0.4, -0.2) is 16.8 Å². The topological polar surface area (TPSA) is 58.6 Å². The van der Waals surface area contributed by atoms with Crippen molar-refractivity contribution in [3.63, 3.8) is 0 Å². The Hall–Kier alpha value is -2.61. The second kappa shape index (κ2) is 9.90. The van der Waals surface area contributed by atoms with Gasteiger partial charge in [0.1, 0.15) is 18.1 Å². The van der Waals surface area contributed by atoms with Crippen LogP contribution in [0.25, 0.3) is 6.08 Å². The molecule has 1 aliphatic rings. The van der Waals surface area contributed by atoms with Crippen molar-refractivity contribution in [2.24, 2.45) is 0 Å². The van der Waals surface area contributed by atoms with E-state index in [9.17, 15) is 9.59 Å². The summed E-state index contributed by atoms with van der Waals surface area (Å²) in [6, 6.07) is 20.0. The van der Waals surface area contributed by atoms with Gasteiger partial charge in [-0.1, -0.05) is 60.1 Å². The summed E-state index contributed by atoms with van der Waals surface area (Å²) in [7, 11) is 0. The van der Waals surface area contributed by atoms with Crippen molar-refractivity contribution >= 4 is 61.5 Å². The first-order chi connectivity index (χ1) is 15.4. The molecule has 0 spiro atoms. The molecule has 0 bridgehead atoms. The van der Waals surface area contributed by atoms with E-state index in [0.717, 1.165) is 16.7 Å². The second-order valence-electron chi connectivity index (χ2n) is 7.06. The van der Waals surface area contributed by atoms with Crippen molar-refractivity contribution in [1.29, 1.82) is 0 Å². The van der Waals surface area contributed by atoms with Crippen molar-refractivity contribution in [2.45, 2.75) is 13.2 Å². The smallest absolute Gasteiger partial charge is 0.329 e. The number of nitrogens with one attached hydrogen (secondary N) is 1. The molecule has 0 aromatic heterocycles. The molecule has 32 heavy (non-hydrogen) atoms. The number of benzene rings is 3. The van der Waals surface area contributed by atoms with E-state index >= 15 is 0 Å². The number of urea groups is 1. The predicted molar refractivity (Wildman–Crippen MR) is 131 cm³/mol. The molecule has 1 heterocycles. The number of hydrogen-bond acceptors (Lipinski definition) is 3. The maximum Gasteiger partial charge on any atom is 0.329 e. The van der Waals surface area contributed by atoms with Crippen LogP contribution in [0.1, 0.15) is 16.7 Å². The molecular formula is C24H17Br2ClN2O3. The average Bonchev–Trinajstić information content (AvgIpc) is 3.02. The summed E-state index contributed by atoms with van der Waals surface area (Å²) in [5, 5.41) is 3.29. The van der Waals surface area contributed by atoms with Crippen LogP contribution in [0, 0.1) is 0 Å². The Morgan fingerprint density at radius 3 is 2.31 bits per heavy atom. The molecule has 8 heteroatoms. The average molecular weight is 577 g/mol. The molecule has 4 rings (SSSR count). The van der Waals surface area contributed by atoms with Gasteiger partial charge in [0, 0.05) is 10.6 Å². The lowest BCUT2D eigenvalue weighted by Crippen LogP contribution is -2.30. The molecule has 0 atom stereocenters. The van der Waals surface area contributed by atoms with Crippen molar-refractivity contribution in [3.8, 4) is 5.75 Å². The van der Waals surface area contributed by atoms with Crippen LogP contribution < -0.4 is 10.1 Å². The lowest BCUT2D eigenvalue weighted by Gasteiger charge is -2.12. The lowest BCUT2D eigenvalue weighted by molar-refractivity contribution is -0.123. The fourth-order valence-corrected chi connectivity index (χ4v) is 4.86. The van der Waals surface area contributed by atoms with Gasteiger partial charge in [0.25, 0.3) is 5.91 Å². The van der Waals surface area contributed by atoms with Crippen LogP contribution in [0.2, 0.25) is 5.02 Å². The van der Waals surface area contributed by atoms with Gasteiger partial charge in [0.2, 0.25) is 0 Å². The van der Waals surface area contributed by atoms with Crippen molar-refractivity contribution in [2.75, 3.05) is 0 Å². The number of amides is 3. The molecule has 0 aliphatic carbocycles. The van der Waals surface area contributed by atoms with Gasteiger partial charge in [-0.3, -0.25) is 9.69 Å². The number of carbonyl (C=O) groups excluding carboxylic acids is 2. The van der Waals surface area contributed by atoms with E-state index in [4.69, 9.17) is 16.3 Å². The predicted octanol–water partition coefficient (Wildman–Crippen LogP) is 6.54. The molecule has 0 saturated carbocycles. The van der Waals surface area contributed by atoms with Crippen LogP contribution >= 0.6 is 43.5 Å². The Balaban J connectivity index is 1.51. The standard InChI is InChI=1S/C24H17Br2ClN2O3/c25-18-10-16(11-19(26)22(18)32-14-17-8-4-5-9-20(17)27)12-21-23(30)29(24(31)28-21)13-15-6-2-1-3-7-15/h1-12H,13-14H2,(H,28,31)/b21-12+. The maximum absolute atomic E-state index is 12.8. The highest BCUT2D eigenvalue weighted by Crippen LogP contribution is 2.36. The van der Waals surface area contributed by atoms with Gasteiger partial charge >= 0.3 is 6.03 Å². The Morgan fingerprint density at radius 1 is 0.969 bits per heavy atom. The minimum Gasteiger partial charge on any atom is -0.486 e. The zero-order chi connectivity index (χ0) is 22.7. The van der Waals surface area contributed by atoms with Crippen molar-refractivity contribution in [1.82, 2.24) is 10.2 Å². The minimum absolute atomic E-state index is 0.213. The maximum atomic E-state index is 12.8. The molecule has 1 fully saturated rings. The quantitative estimate of drug-likeness (QED) is 0.268. The van der Waals surface area contributed by atoms with Gasteiger partial charge in [0.15, 0.2) is 0 Å². The number of carbonyl (C=O) groups is 2. The SMILES string of the molecule is O=C1N/C(=C/c2cc(Br)c(OCc3ccccc3Cl)c(Br)c2)C(=O)N1Cc1ccccc1. The van der Waals surface area contributed by atoms with Crippen LogP contribution in [-0.2, 0) is 17.9 Å². The first-order valence-corrected chi connectivity index (χ1v) is 11.6. The molecule has 0 unspecified atom stereocenters. The molecular weight excluding hydrogens is 560 g/mol. The summed E-state index contributed by atoms with van der Waals surface area (Å²) in [5.41, 5.74) is 2.69. The molecule has 1 N–H and O–H groups in total. The van der Waals surface area contributed by atoms with E-state index in [0.29, 0.717) is 26.3 Å². The molecule has 3 aromatic rings. The first kappa shape index (κ1) is 22.6. The summed E-state index contributed by atoms with van der Waals surface area (Å²) in [4.78, 5) is 26.3. The Labute approximate surface area is 207 Å². The number of hydrogen-bond donors (Lipinski definition) is 1. The van der Waals surface area contributed by atoms with E-state index < -0.39 is 6.03 Å². The van der Waals surface area contributed by atoms with Crippen LogP contribution in [0.5, 0.6) is 5.75 Å². The summed E-state index contributed by atoms with van der Waals surface area (Å²) in [5.74, 6) is 0.240. The molecule has 5 nitrogen and oxygen atoms in total. The van der Waals surface area contributed by atoms with Gasteiger partial charge in [0.05, 0.1) is 15.5 Å². The van der Waals surface area contributed by atoms with E-state index in [1.54, 1.807) is 6.08 Å². The van der Waals surface area contributed by atoms with Gasteiger partial charge in [-0.15, -0.1) is 0 Å². The van der Waals surface area contributed by atoms with Crippen LogP contribution in [0.3, 0.4) is 0 Å². The molecule has 162 valence electrons. The van der Waals surface area contributed by atoms with Crippen molar-refractivity contribution in [3.05, 3.63) is 103 Å². The van der Waals surface area contributed by atoms with Gasteiger partial charge in [-0.05, 0) is 67.3 Å². The second-order valence-corrected chi connectivity index (χ2v) is 9.17. The summed E-state index contributed by atoms with van der Waals surface area (Å²) in [6.45, 7) is 0.519. The first-order valence-electron chi connectivity index (χ1n) is 9.66. The summed E-state index contributed by atoms with van der Waals surface area (Å²) >= 11 is 13.2. The van der Waals surface area contributed by atoms with Crippen molar-refractivity contribution < 1.29 is 14.3 Å². The Kier molecular flexibility index (Phi) is 6.98. The van der Waals surface area contributed by atoms with E-state index in [-0.39, 0.29) is 18.1 Å². The van der Waals surface area contributed by atoms with Gasteiger partial charge in [-0.2, -0.15) is 0 Å². The fraction of sp³-hybridized carbons (Fsp3) is 0.0833. The molecule has 3 amide bonds. The third-order valence-electron chi connectivity index (χ3n) is 4.81. The monoisotopic (exact) mass is 574 g/mol. The van der Waals surface area contributed by atoms with Gasteiger partial charge in [-0.25, -0.2) is 4.79 Å². The fourth-order valence-electron chi connectivity index (χ4n) is 3.21. The van der Waals surface area contributed by atoms with E-state index in [2.05, 4.69) is 37.2 Å².